The first-order valence-electron chi connectivity index (χ1n) is 5.22. The van der Waals surface area contributed by atoms with E-state index < -0.39 is 0 Å². The second kappa shape index (κ2) is 4.91. The molecule has 0 amide bonds. The predicted octanol–water partition coefficient (Wildman–Crippen LogP) is 2.04. The molecule has 2 N–H and O–H groups in total. The summed E-state index contributed by atoms with van der Waals surface area (Å²) >= 11 is 1.83. The maximum Gasteiger partial charge on any atom is 0.0509 e. The number of thiophene rings is 1. The summed E-state index contributed by atoms with van der Waals surface area (Å²) in [5, 5.41) is 2.13. The summed E-state index contributed by atoms with van der Waals surface area (Å²) in [6, 6.07) is 4.65. The summed E-state index contributed by atoms with van der Waals surface area (Å²) in [6.07, 6.45) is 3.34. The SMILES string of the molecule is NC1CCOCC1CCc1cccs1. The Morgan fingerprint density at radius 2 is 2.50 bits per heavy atom. The number of rotatable bonds is 3. The summed E-state index contributed by atoms with van der Waals surface area (Å²) in [4.78, 5) is 1.46. The Hall–Kier alpha value is -0.380. The quantitative estimate of drug-likeness (QED) is 0.830. The minimum Gasteiger partial charge on any atom is -0.381 e. The molecule has 0 saturated carbocycles. The van der Waals surface area contributed by atoms with Crippen molar-refractivity contribution in [3.05, 3.63) is 22.4 Å². The van der Waals surface area contributed by atoms with Crippen LogP contribution in [-0.2, 0) is 11.2 Å². The molecule has 14 heavy (non-hydrogen) atoms. The Labute approximate surface area is 89.1 Å². The lowest BCUT2D eigenvalue weighted by Crippen LogP contribution is -2.38. The number of hydrogen-bond acceptors (Lipinski definition) is 3. The van der Waals surface area contributed by atoms with Crippen LogP contribution in [0.25, 0.3) is 0 Å². The molecule has 1 fully saturated rings. The Balaban J connectivity index is 1.79. The van der Waals surface area contributed by atoms with E-state index in [-0.39, 0.29) is 0 Å². The van der Waals surface area contributed by atoms with Gasteiger partial charge >= 0.3 is 0 Å². The van der Waals surface area contributed by atoms with Gasteiger partial charge < -0.3 is 10.5 Å². The van der Waals surface area contributed by atoms with E-state index in [0.29, 0.717) is 12.0 Å². The molecule has 1 aromatic heterocycles. The van der Waals surface area contributed by atoms with Gasteiger partial charge in [0.1, 0.15) is 0 Å². The second-order valence-electron chi connectivity index (χ2n) is 3.91. The molecule has 3 heteroatoms. The zero-order valence-corrected chi connectivity index (χ0v) is 9.13. The smallest absolute Gasteiger partial charge is 0.0509 e. The maximum absolute atomic E-state index is 6.04. The number of aryl methyl sites for hydroxylation is 1. The van der Waals surface area contributed by atoms with Crippen molar-refractivity contribution in [1.82, 2.24) is 0 Å². The topological polar surface area (TPSA) is 35.2 Å². The van der Waals surface area contributed by atoms with Gasteiger partial charge in [-0.2, -0.15) is 0 Å². The van der Waals surface area contributed by atoms with Gasteiger partial charge in [0.15, 0.2) is 0 Å². The van der Waals surface area contributed by atoms with Crippen molar-refractivity contribution in [2.75, 3.05) is 13.2 Å². The first-order valence-corrected chi connectivity index (χ1v) is 6.10. The molecule has 0 radical (unpaired) electrons. The van der Waals surface area contributed by atoms with Crippen LogP contribution in [0.15, 0.2) is 17.5 Å². The van der Waals surface area contributed by atoms with Gasteiger partial charge in [0.05, 0.1) is 6.61 Å². The van der Waals surface area contributed by atoms with Gasteiger partial charge in [-0.05, 0) is 36.6 Å². The molecular weight excluding hydrogens is 194 g/mol. The van der Waals surface area contributed by atoms with Crippen LogP contribution in [0.2, 0.25) is 0 Å². The van der Waals surface area contributed by atoms with Crippen LogP contribution in [0.4, 0.5) is 0 Å². The van der Waals surface area contributed by atoms with Gasteiger partial charge in [-0.15, -0.1) is 11.3 Å². The van der Waals surface area contributed by atoms with Crippen LogP contribution in [0.1, 0.15) is 17.7 Å². The van der Waals surface area contributed by atoms with Crippen molar-refractivity contribution >= 4 is 11.3 Å². The zero-order chi connectivity index (χ0) is 9.80. The standard InChI is InChI=1S/C11H17NOS/c12-11-5-6-13-8-9(11)3-4-10-2-1-7-14-10/h1-2,7,9,11H,3-6,8,12H2. The fourth-order valence-corrected chi connectivity index (χ4v) is 2.62. The van der Waals surface area contributed by atoms with E-state index in [4.69, 9.17) is 10.5 Å². The highest BCUT2D eigenvalue weighted by molar-refractivity contribution is 7.09. The second-order valence-corrected chi connectivity index (χ2v) is 4.94. The summed E-state index contributed by atoms with van der Waals surface area (Å²) in [5.41, 5.74) is 6.04. The molecule has 2 nitrogen and oxygen atoms in total. The van der Waals surface area contributed by atoms with Crippen LogP contribution in [0.5, 0.6) is 0 Å². The molecule has 1 aromatic rings. The Bertz CT molecular complexity index is 260. The Morgan fingerprint density at radius 3 is 3.21 bits per heavy atom. The average molecular weight is 211 g/mol. The van der Waals surface area contributed by atoms with Crippen LogP contribution in [-0.4, -0.2) is 19.3 Å². The van der Waals surface area contributed by atoms with Crippen molar-refractivity contribution in [3.63, 3.8) is 0 Å². The van der Waals surface area contributed by atoms with Crippen LogP contribution in [0.3, 0.4) is 0 Å². The summed E-state index contributed by atoms with van der Waals surface area (Å²) in [6.45, 7) is 1.70. The molecule has 1 saturated heterocycles. The molecule has 78 valence electrons. The molecule has 2 atom stereocenters. The summed E-state index contributed by atoms with van der Waals surface area (Å²) in [7, 11) is 0. The van der Waals surface area contributed by atoms with Crippen molar-refractivity contribution in [1.29, 1.82) is 0 Å². The first-order chi connectivity index (χ1) is 6.86. The Morgan fingerprint density at radius 1 is 1.57 bits per heavy atom. The largest absolute Gasteiger partial charge is 0.381 e. The van der Waals surface area contributed by atoms with Crippen molar-refractivity contribution < 1.29 is 4.74 Å². The Kier molecular flexibility index (Phi) is 3.56. The van der Waals surface area contributed by atoms with E-state index in [0.717, 1.165) is 26.1 Å². The third-order valence-corrected chi connectivity index (χ3v) is 3.81. The van der Waals surface area contributed by atoms with Crippen LogP contribution < -0.4 is 5.73 Å². The van der Waals surface area contributed by atoms with Crippen molar-refractivity contribution in [2.24, 2.45) is 11.7 Å². The van der Waals surface area contributed by atoms with Crippen molar-refractivity contribution in [2.45, 2.75) is 25.3 Å². The van der Waals surface area contributed by atoms with Gasteiger partial charge in [0.2, 0.25) is 0 Å². The number of nitrogens with two attached hydrogens (primary N) is 1. The first kappa shape index (κ1) is 10.1. The van der Waals surface area contributed by atoms with Gasteiger partial charge in [0, 0.05) is 17.5 Å². The highest BCUT2D eigenvalue weighted by Gasteiger charge is 2.21. The predicted molar refractivity (Wildman–Crippen MR) is 59.5 cm³/mol. The zero-order valence-electron chi connectivity index (χ0n) is 8.32. The minimum absolute atomic E-state index is 0.351. The third kappa shape index (κ3) is 2.56. The molecule has 2 unspecified atom stereocenters. The highest BCUT2D eigenvalue weighted by Crippen LogP contribution is 2.20. The lowest BCUT2D eigenvalue weighted by atomic mass is 9.92. The maximum atomic E-state index is 6.04. The van der Waals surface area contributed by atoms with Gasteiger partial charge in [-0.1, -0.05) is 6.07 Å². The minimum atomic E-state index is 0.351. The summed E-state index contributed by atoms with van der Waals surface area (Å²) in [5.74, 6) is 0.561. The third-order valence-electron chi connectivity index (χ3n) is 2.87. The molecule has 0 aromatic carbocycles. The van der Waals surface area contributed by atoms with Crippen molar-refractivity contribution in [3.8, 4) is 0 Å². The molecule has 0 bridgehead atoms. The molecule has 2 rings (SSSR count). The lowest BCUT2D eigenvalue weighted by molar-refractivity contribution is 0.0390. The molecule has 1 aliphatic rings. The van der Waals surface area contributed by atoms with Crippen LogP contribution in [0, 0.1) is 5.92 Å². The molecule has 1 aliphatic heterocycles. The highest BCUT2D eigenvalue weighted by atomic mass is 32.1. The summed E-state index contributed by atoms with van der Waals surface area (Å²) < 4.78 is 5.45. The van der Waals surface area contributed by atoms with Gasteiger partial charge in [-0.3, -0.25) is 0 Å². The number of hydrogen-bond donors (Lipinski definition) is 1. The number of ether oxygens (including phenoxy) is 1. The van der Waals surface area contributed by atoms with E-state index in [1.165, 1.54) is 11.3 Å². The monoisotopic (exact) mass is 211 g/mol. The van der Waals surface area contributed by atoms with Gasteiger partial charge in [-0.25, -0.2) is 0 Å². The van der Waals surface area contributed by atoms with Crippen LogP contribution >= 0.6 is 11.3 Å². The molecular formula is C11H17NOS. The van der Waals surface area contributed by atoms with E-state index >= 15 is 0 Å². The lowest BCUT2D eigenvalue weighted by Gasteiger charge is -2.28. The molecule has 2 heterocycles. The average Bonchev–Trinajstić information content (AvgIpc) is 2.69. The fraction of sp³-hybridized carbons (Fsp3) is 0.636. The molecule has 0 aliphatic carbocycles. The van der Waals surface area contributed by atoms with E-state index in [1.807, 2.05) is 11.3 Å². The van der Waals surface area contributed by atoms with E-state index in [9.17, 15) is 0 Å². The van der Waals surface area contributed by atoms with E-state index in [1.54, 1.807) is 0 Å². The molecule has 0 spiro atoms. The fourth-order valence-electron chi connectivity index (χ4n) is 1.89. The normalized spacial score (nSPS) is 27.8. The van der Waals surface area contributed by atoms with E-state index in [2.05, 4.69) is 17.5 Å². The van der Waals surface area contributed by atoms with Gasteiger partial charge in [0.25, 0.3) is 0 Å².